The van der Waals surface area contributed by atoms with Crippen molar-refractivity contribution in [2.45, 2.75) is 24.9 Å². The predicted octanol–water partition coefficient (Wildman–Crippen LogP) is -0.918. The van der Waals surface area contributed by atoms with Gasteiger partial charge < -0.3 is 21.1 Å². The van der Waals surface area contributed by atoms with Gasteiger partial charge in [-0.05, 0) is 33.0 Å². The number of carboxylic acids is 1. The molecule has 82 valence electrons. The first-order valence-electron chi connectivity index (χ1n) is 5.00. The van der Waals surface area contributed by atoms with E-state index in [2.05, 4.69) is 17.3 Å². The van der Waals surface area contributed by atoms with E-state index in [0.717, 1.165) is 25.9 Å². The molecule has 0 aromatic heterocycles. The van der Waals surface area contributed by atoms with Crippen LogP contribution in [0.2, 0.25) is 0 Å². The number of likely N-dealkylation sites (tertiary alicyclic amines) is 1. The Labute approximate surface area is 84.3 Å². The molecule has 0 spiro atoms. The number of nitrogens with zero attached hydrogens (tertiary/aromatic N) is 1. The summed E-state index contributed by atoms with van der Waals surface area (Å²) in [5.41, 5.74) is 5.39. The Morgan fingerprint density at radius 3 is 2.71 bits per heavy atom. The molecule has 0 aromatic rings. The van der Waals surface area contributed by atoms with Crippen LogP contribution in [0, 0.1) is 0 Å². The Hall–Kier alpha value is -0.650. The van der Waals surface area contributed by atoms with Crippen LogP contribution >= 0.6 is 0 Å². The molecule has 0 amide bonds. The van der Waals surface area contributed by atoms with E-state index in [1.54, 1.807) is 0 Å². The van der Waals surface area contributed by atoms with Gasteiger partial charge in [-0.2, -0.15) is 0 Å². The van der Waals surface area contributed by atoms with Gasteiger partial charge in [0, 0.05) is 12.6 Å². The molecule has 0 bridgehead atoms. The number of hydrogen-bond acceptors (Lipinski definition) is 4. The second-order valence-corrected chi connectivity index (χ2v) is 3.93. The predicted molar refractivity (Wildman–Crippen MR) is 54.1 cm³/mol. The summed E-state index contributed by atoms with van der Waals surface area (Å²) in [4.78, 5) is 12.7. The maximum atomic E-state index is 10.5. The zero-order valence-corrected chi connectivity index (χ0v) is 8.57. The number of carbonyl (C=O) groups is 1. The van der Waals surface area contributed by atoms with Crippen molar-refractivity contribution < 1.29 is 9.90 Å². The quantitative estimate of drug-likeness (QED) is 0.548. The summed E-state index contributed by atoms with van der Waals surface area (Å²) in [6, 6.07) is -0.355. The van der Waals surface area contributed by atoms with Crippen molar-refractivity contribution in [1.82, 2.24) is 10.2 Å². The summed E-state index contributed by atoms with van der Waals surface area (Å²) in [5, 5.41) is 11.8. The molecule has 1 aliphatic rings. The fraction of sp³-hybridized carbons (Fsp3) is 0.889. The van der Waals surface area contributed by atoms with E-state index in [4.69, 9.17) is 10.8 Å². The second kappa shape index (κ2) is 5.29. The maximum Gasteiger partial charge on any atom is 0.321 e. The summed E-state index contributed by atoms with van der Waals surface area (Å²) in [6.45, 7) is 2.50. The normalized spacial score (nSPS) is 22.1. The zero-order valence-electron chi connectivity index (χ0n) is 8.57. The number of aliphatic carboxylic acids is 1. The number of carboxylic acid groups (broad SMARTS) is 1. The van der Waals surface area contributed by atoms with E-state index < -0.39 is 12.0 Å². The topological polar surface area (TPSA) is 78.6 Å². The molecular weight excluding hydrogens is 182 g/mol. The van der Waals surface area contributed by atoms with Crippen LogP contribution in [0.4, 0.5) is 0 Å². The van der Waals surface area contributed by atoms with Crippen LogP contribution in [0.1, 0.15) is 12.8 Å². The highest BCUT2D eigenvalue weighted by Gasteiger charge is 2.18. The van der Waals surface area contributed by atoms with Crippen molar-refractivity contribution in [3.63, 3.8) is 0 Å². The van der Waals surface area contributed by atoms with Gasteiger partial charge in [0.2, 0.25) is 0 Å². The SMILES string of the molecule is CN1CCC(NCC(N)C(=O)O)CC1. The first-order valence-corrected chi connectivity index (χ1v) is 5.00. The monoisotopic (exact) mass is 201 g/mol. The van der Waals surface area contributed by atoms with Crippen LogP contribution < -0.4 is 11.1 Å². The molecule has 5 nitrogen and oxygen atoms in total. The van der Waals surface area contributed by atoms with Gasteiger partial charge in [0.05, 0.1) is 0 Å². The van der Waals surface area contributed by atoms with Crippen LogP contribution in [0.5, 0.6) is 0 Å². The van der Waals surface area contributed by atoms with Gasteiger partial charge in [-0.1, -0.05) is 0 Å². The minimum Gasteiger partial charge on any atom is -0.480 e. The lowest BCUT2D eigenvalue weighted by Crippen LogP contribution is -2.47. The highest BCUT2D eigenvalue weighted by Crippen LogP contribution is 2.07. The Balaban J connectivity index is 2.16. The minimum atomic E-state index is -0.939. The Morgan fingerprint density at radius 2 is 2.21 bits per heavy atom. The van der Waals surface area contributed by atoms with Crippen molar-refractivity contribution in [3.8, 4) is 0 Å². The smallest absolute Gasteiger partial charge is 0.321 e. The summed E-state index contributed by atoms with van der Waals surface area (Å²) in [7, 11) is 2.10. The summed E-state index contributed by atoms with van der Waals surface area (Å²) in [5.74, 6) is -0.939. The fourth-order valence-electron chi connectivity index (χ4n) is 1.59. The lowest BCUT2D eigenvalue weighted by Gasteiger charge is -2.29. The first-order chi connectivity index (χ1) is 6.59. The molecular formula is C9H19N3O2. The molecule has 0 aliphatic carbocycles. The van der Waals surface area contributed by atoms with Gasteiger partial charge in [-0.3, -0.25) is 4.79 Å². The van der Waals surface area contributed by atoms with Gasteiger partial charge in [0.15, 0.2) is 0 Å². The van der Waals surface area contributed by atoms with Gasteiger partial charge in [-0.25, -0.2) is 0 Å². The van der Waals surface area contributed by atoms with Crippen molar-refractivity contribution >= 4 is 5.97 Å². The molecule has 1 heterocycles. The molecule has 1 atom stereocenters. The zero-order chi connectivity index (χ0) is 10.6. The molecule has 1 unspecified atom stereocenters. The van der Waals surface area contributed by atoms with Crippen LogP contribution in [0.25, 0.3) is 0 Å². The lowest BCUT2D eigenvalue weighted by molar-refractivity contribution is -0.138. The number of hydrogen-bond donors (Lipinski definition) is 3. The average Bonchev–Trinajstić information content (AvgIpc) is 2.16. The molecule has 4 N–H and O–H groups in total. The number of nitrogens with two attached hydrogens (primary N) is 1. The van der Waals surface area contributed by atoms with Crippen LogP contribution in [-0.2, 0) is 4.79 Å². The number of nitrogens with one attached hydrogen (secondary N) is 1. The maximum absolute atomic E-state index is 10.5. The lowest BCUT2D eigenvalue weighted by atomic mass is 10.1. The highest BCUT2D eigenvalue weighted by molar-refractivity contribution is 5.73. The molecule has 1 fully saturated rings. The van der Waals surface area contributed by atoms with E-state index in [0.29, 0.717) is 12.6 Å². The number of rotatable bonds is 4. The Kier molecular flexibility index (Phi) is 4.31. The Bertz CT molecular complexity index is 190. The fourth-order valence-corrected chi connectivity index (χ4v) is 1.59. The van der Waals surface area contributed by atoms with Gasteiger partial charge in [-0.15, -0.1) is 0 Å². The largest absolute Gasteiger partial charge is 0.480 e. The van der Waals surface area contributed by atoms with E-state index in [9.17, 15) is 4.79 Å². The third kappa shape index (κ3) is 3.61. The highest BCUT2D eigenvalue weighted by atomic mass is 16.4. The van der Waals surface area contributed by atoms with E-state index >= 15 is 0 Å². The van der Waals surface area contributed by atoms with Crippen molar-refractivity contribution in [2.24, 2.45) is 5.73 Å². The summed E-state index contributed by atoms with van der Waals surface area (Å²) in [6.07, 6.45) is 2.14. The molecule has 0 saturated carbocycles. The molecule has 14 heavy (non-hydrogen) atoms. The van der Waals surface area contributed by atoms with E-state index in [1.165, 1.54) is 0 Å². The first kappa shape index (κ1) is 11.4. The van der Waals surface area contributed by atoms with Crippen LogP contribution in [-0.4, -0.2) is 54.7 Å². The van der Waals surface area contributed by atoms with Gasteiger partial charge in [0.1, 0.15) is 6.04 Å². The van der Waals surface area contributed by atoms with Crippen molar-refractivity contribution in [3.05, 3.63) is 0 Å². The molecule has 0 radical (unpaired) electrons. The number of piperidine rings is 1. The third-order valence-corrected chi connectivity index (χ3v) is 2.66. The standard InChI is InChI=1S/C9H19N3O2/c1-12-4-2-7(3-5-12)11-6-8(10)9(13)14/h7-8,11H,2-6,10H2,1H3,(H,13,14). The van der Waals surface area contributed by atoms with Crippen LogP contribution in [0.3, 0.4) is 0 Å². The van der Waals surface area contributed by atoms with E-state index in [-0.39, 0.29) is 0 Å². The summed E-state index contributed by atoms with van der Waals surface area (Å²) >= 11 is 0. The Morgan fingerprint density at radius 1 is 1.64 bits per heavy atom. The van der Waals surface area contributed by atoms with Crippen molar-refractivity contribution in [2.75, 3.05) is 26.7 Å². The molecule has 1 aliphatic heterocycles. The van der Waals surface area contributed by atoms with Gasteiger partial charge >= 0.3 is 5.97 Å². The molecule has 1 saturated heterocycles. The third-order valence-electron chi connectivity index (χ3n) is 2.66. The molecule has 1 rings (SSSR count). The van der Waals surface area contributed by atoms with E-state index in [1.807, 2.05) is 0 Å². The van der Waals surface area contributed by atoms with Crippen molar-refractivity contribution in [1.29, 1.82) is 0 Å². The average molecular weight is 201 g/mol. The van der Waals surface area contributed by atoms with Gasteiger partial charge in [0.25, 0.3) is 0 Å². The second-order valence-electron chi connectivity index (χ2n) is 3.93. The molecule has 0 aromatic carbocycles. The summed E-state index contributed by atoms with van der Waals surface area (Å²) < 4.78 is 0. The molecule has 5 heteroatoms. The van der Waals surface area contributed by atoms with Crippen LogP contribution in [0.15, 0.2) is 0 Å². The minimum absolute atomic E-state index is 0.365.